The number of halogens is 1. The van der Waals surface area contributed by atoms with Crippen LogP contribution in [-0.2, 0) is 6.42 Å². The Kier molecular flexibility index (Phi) is 4.16. The molecular weight excluding hydrogens is 306 g/mol. The van der Waals surface area contributed by atoms with Crippen molar-refractivity contribution in [3.8, 4) is 16.9 Å². The number of hydrogen-bond donors (Lipinski definition) is 1. The van der Waals surface area contributed by atoms with E-state index in [9.17, 15) is 0 Å². The fraction of sp³-hybridized carbons (Fsp3) is 0.400. The Morgan fingerprint density at radius 3 is 2.43 bits per heavy atom. The molecule has 122 valence electrons. The van der Waals surface area contributed by atoms with E-state index in [0.717, 1.165) is 17.7 Å². The first-order valence-corrected chi connectivity index (χ1v) is 8.51. The van der Waals surface area contributed by atoms with Crippen LogP contribution in [0.5, 0.6) is 5.75 Å². The van der Waals surface area contributed by atoms with Gasteiger partial charge in [-0.25, -0.2) is 0 Å². The molecular formula is C20H24ClNO. The molecule has 3 heteroatoms. The Labute approximate surface area is 143 Å². The van der Waals surface area contributed by atoms with Crippen molar-refractivity contribution in [2.45, 2.75) is 46.3 Å². The van der Waals surface area contributed by atoms with Crippen molar-refractivity contribution < 1.29 is 4.74 Å². The number of rotatable bonds is 3. The van der Waals surface area contributed by atoms with E-state index in [4.69, 9.17) is 22.1 Å². The fourth-order valence-corrected chi connectivity index (χ4v) is 3.52. The zero-order valence-corrected chi connectivity index (χ0v) is 14.9. The van der Waals surface area contributed by atoms with Crippen LogP contribution in [0.1, 0.15) is 44.9 Å². The maximum absolute atomic E-state index is 6.37. The molecule has 0 spiro atoms. The summed E-state index contributed by atoms with van der Waals surface area (Å²) >= 11 is 6.36. The third-order valence-electron chi connectivity index (χ3n) is 4.59. The highest BCUT2D eigenvalue weighted by Crippen LogP contribution is 2.44. The highest BCUT2D eigenvalue weighted by molar-refractivity contribution is 6.32. The normalized spacial score (nSPS) is 19.0. The van der Waals surface area contributed by atoms with E-state index in [1.54, 1.807) is 0 Å². The molecule has 1 atom stereocenters. The Balaban J connectivity index is 1.94. The summed E-state index contributed by atoms with van der Waals surface area (Å²) in [6, 6.07) is 12.6. The summed E-state index contributed by atoms with van der Waals surface area (Å²) in [5.74, 6) is 0.731. The van der Waals surface area contributed by atoms with E-state index >= 15 is 0 Å². The van der Waals surface area contributed by atoms with Crippen LogP contribution in [0.15, 0.2) is 36.4 Å². The Morgan fingerprint density at radius 2 is 1.78 bits per heavy atom. The number of ether oxygens (including phenoxy) is 1. The molecule has 0 saturated carbocycles. The molecule has 23 heavy (non-hydrogen) atoms. The van der Waals surface area contributed by atoms with Gasteiger partial charge in [-0.05, 0) is 60.1 Å². The van der Waals surface area contributed by atoms with Crippen LogP contribution in [0.2, 0.25) is 5.02 Å². The summed E-state index contributed by atoms with van der Waals surface area (Å²) in [6.07, 6.45) is 1.13. The summed E-state index contributed by atoms with van der Waals surface area (Å²) in [4.78, 5) is 0. The summed E-state index contributed by atoms with van der Waals surface area (Å²) in [7, 11) is 0. The average Bonchev–Trinajstić information content (AvgIpc) is 2.70. The Morgan fingerprint density at radius 1 is 1.13 bits per heavy atom. The number of benzene rings is 2. The monoisotopic (exact) mass is 329 g/mol. The Bertz CT molecular complexity index is 736. The average molecular weight is 330 g/mol. The summed E-state index contributed by atoms with van der Waals surface area (Å²) in [5, 5.41) is 0.647. The zero-order valence-electron chi connectivity index (χ0n) is 14.2. The number of hydrogen-bond acceptors (Lipinski definition) is 2. The van der Waals surface area contributed by atoms with Gasteiger partial charge in [-0.2, -0.15) is 0 Å². The minimum absolute atomic E-state index is 0.108. The largest absolute Gasteiger partial charge is 0.489 e. The summed E-state index contributed by atoms with van der Waals surface area (Å²) < 4.78 is 5.70. The third-order valence-corrected chi connectivity index (χ3v) is 4.89. The molecule has 1 aliphatic rings. The van der Waals surface area contributed by atoms with Crippen molar-refractivity contribution in [2.75, 3.05) is 0 Å². The predicted molar refractivity (Wildman–Crippen MR) is 97.1 cm³/mol. The van der Waals surface area contributed by atoms with E-state index in [-0.39, 0.29) is 17.6 Å². The fourth-order valence-electron chi connectivity index (χ4n) is 3.29. The highest BCUT2D eigenvalue weighted by atomic mass is 35.5. The molecule has 0 heterocycles. The zero-order chi connectivity index (χ0) is 16.8. The first-order valence-electron chi connectivity index (χ1n) is 8.13. The van der Waals surface area contributed by atoms with Crippen molar-refractivity contribution in [3.63, 3.8) is 0 Å². The van der Waals surface area contributed by atoms with Crippen LogP contribution < -0.4 is 10.5 Å². The lowest BCUT2D eigenvalue weighted by Gasteiger charge is -2.23. The Hall–Kier alpha value is -1.51. The van der Waals surface area contributed by atoms with Crippen LogP contribution in [0.4, 0.5) is 0 Å². The van der Waals surface area contributed by atoms with Crippen molar-refractivity contribution in [3.05, 3.63) is 52.5 Å². The van der Waals surface area contributed by atoms with Gasteiger partial charge in [-0.1, -0.05) is 49.7 Å². The van der Waals surface area contributed by atoms with Crippen LogP contribution >= 0.6 is 11.6 Å². The van der Waals surface area contributed by atoms with E-state index in [1.807, 2.05) is 26.0 Å². The molecule has 0 amide bonds. The van der Waals surface area contributed by atoms with Gasteiger partial charge in [-0.15, -0.1) is 0 Å². The molecule has 2 aromatic carbocycles. The molecule has 1 aliphatic carbocycles. The molecule has 2 nitrogen and oxygen atoms in total. The quantitative estimate of drug-likeness (QED) is 0.820. The minimum atomic E-state index is 0.108. The smallest absolute Gasteiger partial charge is 0.138 e. The maximum atomic E-state index is 6.37. The maximum Gasteiger partial charge on any atom is 0.138 e. The van der Waals surface area contributed by atoms with Gasteiger partial charge in [0.15, 0.2) is 0 Å². The third kappa shape index (κ3) is 3.11. The lowest BCUT2D eigenvalue weighted by atomic mass is 9.86. The highest BCUT2D eigenvalue weighted by Gasteiger charge is 2.36. The van der Waals surface area contributed by atoms with Crippen LogP contribution in [-0.4, -0.2) is 6.10 Å². The van der Waals surface area contributed by atoms with Gasteiger partial charge in [0, 0.05) is 6.04 Å². The van der Waals surface area contributed by atoms with Gasteiger partial charge >= 0.3 is 0 Å². The summed E-state index contributed by atoms with van der Waals surface area (Å²) in [5.41, 5.74) is 11.4. The van der Waals surface area contributed by atoms with Crippen LogP contribution in [0.25, 0.3) is 11.1 Å². The van der Waals surface area contributed by atoms with Gasteiger partial charge in [0.25, 0.3) is 0 Å². The molecule has 0 aliphatic heterocycles. The second kappa shape index (κ2) is 5.85. The van der Waals surface area contributed by atoms with E-state index in [0.29, 0.717) is 5.02 Å². The second-order valence-electron chi connectivity index (χ2n) is 7.37. The van der Waals surface area contributed by atoms with Gasteiger partial charge in [0.2, 0.25) is 0 Å². The molecule has 0 saturated heterocycles. The lowest BCUT2D eigenvalue weighted by Crippen LogP contribution is -2.24. The first kappa shape index (κ1) is 16.4. The van der Waals surface area contributed by atoms with Gasteiger partial charge in [0.05, 0.1) is 11.1 Å². The second-order valence-corrected chi connectivity index (χ2v) is 7.78. The summed E-state index contributed by atoms with van der Waals surface area (Å²) in [6.45, 7) is 8.45. The molecule has 0 unspecified atom stereocenters. The van der Waals surface area contributed by atoms with Crippen molar-refractivity contribution in [1.82, 2.24) is 0 Å². The molecule has 3 rings (SSSR count). The van der Waals surface area contributed by atoms with Gasteiger partial charge in [0.1, 0.15) is 5.75 Å². The van der Waals surface area contributed by atoms with Gasteiger partial charge in [-0.3, -0.25) is 0 Å². The van der Waals surface area contributed by atoms with Crippen molar-refractivity contribution in [1.29, 1.82) is 0 Å². The first-order chi connectivity index (χ1) is 10.8. The SMILES string of the molecule is CC(C)Oc1ccc(-c2ccc3c(c2)CC(C)(C)[C@H]3N)cc1Cl. The van der Waals surface area contributed by atoms with E-state index in [1.165, 1.54) is 16.7 Å². The predicted octanol–water partition coefficient (Wildman–Crippen LogP) is 5.38. The molecule has 2 aromatic rings. The number of fused-ring (bicyclic) bond motifs is 1. The molecule has 0 fully saturated rings. The molecule has 2 N–H and O–H groups in total. The molecule has 0 bridgehead atoms. The van der Waals surface area contributed by atoms with Crippen molar-refractivity contribution in [2.24, 2.45) is 11.1 Å². The minimum Gasteiger partial charge on any atom is -0.489 e. The van der Waals surface area contributed by atoms with E-state index < -0.39 is 0 Å². The lowest BCUT2D eigenvalue weighted by molar-refractivity contribution is 0.242. The molecule has 0 radical (unpaired) electrons. The van der Waals surface area contributed by atoms with Crippen molar-refractivity contribution >= 4 is 11.6 Å². The van der Waals surface area contributed by atoms with Crippen LogP contribution in [0, 0.1) is 5.41 Å². The number of nitrogens with two attached hydrogens (primary N) is 1. The van der Waals surface area contributed by atoms with E-state index in [2.05, 4.69) is 38.1 Å². The standard InChI is InChI=1S/C20H24ClNO/c1-12(2)23-18-8-6-14(10-17(18)21)13-5-7-16-15(9-13)11-20(3,4)19(16)22/h5-10,12,19H,11,22H2,1-4H3/t19-/m0/s1. The van der Waals surface area contributed by atoms with Gasteiger partial charge < -0.3 is 10.5 Å². The molecule has 0 aromatic heterocycles. The van der Waals surface area contributed by atoms with Crippen LogP contribution in [0.3, 0.4) is 0 Å². The topological polar surface area (TPSA) is 35.2 Å².